The third-order valence-corrected chi connectivity index (χ3v) is 20.8. The van der Waals surface area contributed by atoms with E-state index in [1.54, 1.807) is 0 Å². The van der Waals surface area contributed by atoms with Crippen molar-refractivity contribution in [2.45, 2.75) is 0 Å². The number of fused-ring (bicyclic) bond motifs is 12. The van der Waals surface area contributed by atoms with Gasteiger partial charge in [0.2, 0.25) is 0 Å². The first kappa shape index (κ1) is 50.6. The summed E-state index contributed by atoms with van der Waals surface area (Å²) in [5.41, 5.74) is 20.3. The third kappa shape index (κ3) is 10.0. The van der Waals surface area contributed by atoms with Gasteiger partial charge in [0.15, 0.2) is 0 Å². The van der Waals surface area contributed by atoms with Crippen LogP contribution in [-0.2, 0) is 0 Å². The van der Waals surface area contributed by atoms with Gasteiger partial charge in [-0.15, -0.1) is 0 Å². The van der Waals surface area contributed by atoms with Gasteiger partial charge in [-0.05, 0) is 184 Å². The summed E-state index contributed by atoms with van der Waals surface area (Å²) in [7, 11) is 0. The summed E-state index contributed by atoms with van der Waals surface area (Å²) in [6.45, 7) is 0. The van der Waals surface area contributed by atoms with Crippen LogP contribution in [0.5, 0.6) is 0 Å². The van der Waals surface area contributed by atoms with E-state index in [9.17, 15) is 0 Å². The molecule has 0 saturated carbocycles. The summed E-state index contributed by atoms with van der Waals surface area (Å²) >= 11 is 0. The lowest BCUT2D eigenvalue weighted by Gasteiger charge is -2.20. The van der Waals surface area contributed by atoms with Crippen LogP contribution in [0.2, 0.25) is 0 Å². The number of benzene rings is 19. The van der Waals surface area contributed by atoms with Crippen molar-refractivity contribution in [3.05, 3.63) is 388 Å². The number of furan rings is 2. The van der Waals surface area contributed by atoms with Crippen LogP contribution in [0.1, 0.15) is 13.7 Å². The largest absolute Gasteiger partial charge is 0.456 e. The van der Waals surface area contributed by atoms with Gasteiger partial charge in [-0.1, -0.05) is 358 Å². The highest BCUT2D eigenvalue weighted by molar-refractivity contribution is 6.27. The molecule has 21 aromatic rings. The van der Waals surface area contributed by atoms with Crippen molar-refractivity contribution in [1.29, 1.82) is 0 Å². The Labute approximate surface area is 615 Å². The molecule has 0 saturated heterocycles. The van der Waals surface area contributed by atoms with E-state index < -0.39 is 12.1 Å². The molecule has 0 N–H and O–H groups in total. The first-order valence-electron chi connectivity index (χ1n) is 40.0. The molecule has 2 heteroatoms. The minimum Gasteiger partial charge on any atom is -0.456 e. The zero-order chi connectivity index (χ0) is 77.3. The fraction of sp³-hybridized carbons (Fsp3) is 0. The molecule has 2 aromatic heterocycles. The first-order chi connectivity index (χ1) is 55.8. The van der Waals surface area contributed by atoms with Gasteiger partial charge < -0.3 is 8.83 Å². The van der Waals surface area contributed by atoms with Gasteiger partial charge >= 0.3 is 0 Å². The highest BCUT2D eigenvalue weighted by Gasteiger charge is 2.24. The molecular weight excluding hydrogens is 1260 g/mol. The lowest BCUT2D eigenvalue weighted by molar-refractivity contribution is 0.669. The molecule has 104 heavy (non-hydrogen) atoms. The Morgan fingerprint density at radius 2 is 0.538 bits per heavy atom. The summed E-state index contributed by atoms with van der Waals surface area (Å²) in [6.07, 6.45) is 0. The van der Waals surface area contributed by atoms with Gasteiger partial charge in [0.1, 0.15) is 22.3 Å². The highest BCUT2D eigenvalue weighted by Crippen LogP contribution is 2.51. The van der Waals surface area contributed by atoms with E-state index in [0.29, 0.717) is 11.1 Å². The topological polar surface area (TPSA) is 26.3 Å². The maximum atomic E-state index is 8.99. The molecule has 0 aliphatic rings. The van der Waals surface area contributed by atoms with Crippen LogP contribution in [-0.4, -0.2) is 0 Å². The second-order valence-corrected chi connectivity index (χ2v) is 26.4. The third-order valence-electron chi connectivity index (χ3n) is 20.8. The zero-order valence-corrected chi connectivity index (χ0v) is 56.0. The van der Waals surface area contributed by atoms with E-state index in [2.05, 4.69) is 218 Å². The first-order valence-corrected chi connectivity index (χ1v) is 35.0. The van der Waals surface area contributed by atoms with Crippen LogP contribution in [0, 0.1) is 0 Å². The molecule has 484 valence electrons. The molecule has 0 amide bonds. The summed E-state index contributed by atoms with van der Waals surface area (Å²) in [5, 5.41) is 15.7. The van der Waals surface area contributed by atoms with Crippen molar-refractivity contribution < 1.29 is 22.5 Å². The highest BCUT2D eigenvalue weighted by atomic mass is 16.3. The molecule has 0 aliphatic heterocycles. The monoisotopic (exact) mass is 1330 g/mol. The predicted molar refractivity (Wildman–Crippen MR) is 441 cm³/mol. The van der Waals surface area contributed by atoms with E-state index in [1.165, 1.54) is 5.56 Å². The van der Waals surface area contributed by atoms with Crippen LogP contribution in [0.25, 0.3) is 209 Å². The van der Waals surface area contributed by atoms with E-state index in [1.807, 2.05) is 109 Å². The molecule has 19 aromatic carbocycles. The normalized spacial score (nSPS) is 13.0. The smallest absolute Gasteiger partial charge is 0.143 e. The average Bonchev–Trinajstić information content (AvgIpc) is 0.898. The Hall–Kier alpha value is -13.7. The Morgan fingerprint density at radius 1 is 0.173 bits per heavy atom. The maximum absolute atomic E-state index is 8.99. The molecule has 0 radical (unpaired) electrons. The molecule has 0 fully saturated rings. The van der Waals surface area contributed by atoms with Crippen molar-refractivity contribution in [1.82, 2.24) is 0 Å². The number of hydrogen-bond acceptors (Lipinski definition) is 2. The molecule has 2 nitrogen and oxygen atoms in total. The van der Waals surface area contributed by atoms with Crippen molar-refractivity contribution in [2.75, 3.05) is 0 Å². The summed E-state index contributed by atoms with van der Waals surface area (Å²) < 4.78 is 99.3. The van der Waals surface area contributed by atoms with Crippen molar-refractivity contribution >= 4 is 109 Å². The summed E-state index contributed by atoms with van der Waals surface area (Å²) in [5.74, 6) is 0. The molecular formula is C102H64O2. The van der Waals surface area contributed by atoms with Crippen LogP contribution in [0.4, 0.5) is 0 Å². The van der Waals surface area contributed by atoms with Gasteiger partial charge in [-0.2, -0.15) is 0 Å². The Morgan fingerprint density at radius 3 is 1.07 bits per heavy atom. The SMILES string of the molecule is [2H]c1c([2H])c([2H])c(-c2c3ccccc3c(-c3cccc4c(-c5ccc6oc7c(-c8ccccc8)cccc7c6c5)cccc34)c3ccccc23)c([2H])c1[2H].[2H]c1c([2H])c([2H])c(-c2c3ccccc3c(-c3cccc4c(-c5ccc6oc7ccccc7c6c5-c5ccc(-c6ccccc6)cc5)cccc34)c3ccccc23)c([2H])c1[2H]. The van der Waals surface area contributed by atoms with Crippen LogP contribution in [0.15, 0.2) is 397 Å². The summed E-state index contributed by atoms with van der Waals surface area (Å²) in [6, 6.07) is 110. The quantitative estimate of drug-likeness (QED) is 0.135. The Bertz CT molecular complexity index is 7420. The fourth-order valence-corrected chi connectivity index (χ4v) is 16.3. The van der Waals surface area contributed by atoms with Gasteiger partial charge in [0.05, 0.1) is 13.7 Å². The second kappa shape index (κ2) is 25.2. The molecule has 0 unspecified atom stereocenters. The Kier molecular flexibility index (Phi) is 12.3. The van der Waals surface area contributed by atoms with Crippen molar-refractivity contribution in [3.63, 3.8) is 0 Å². The van der Waals surface area contributed by atoms with E-state index in [4.69, 9.17) is 22.5 Å². The average molecular weight is 1330 g/mol. The van der Waals surface area contributed by atoms with E-state index in [-0.39, 0.29) is 59.5 Å². The molecule has 0 atom stereocenters. The lowest BCUT2D eigenvalue weighted by Crippen LogP contribution is -1.93. The summed E-state index contributed by atoms with van der Waals surface area (Å²) in [4.78, 5) is 0. The maximum Gasteiger partial charge on any atom is 0.143 e. The van der Waals surface area contributed by atoms with Crippen LogP contribution < -0.4 is 0 Å². The van der Waals surface area contributed by atoms with Gasteiger partial charge in [-0.3, -0.25) is 0 Å². The van der Waals surface area contributed by atoms with Gasteiger partial charge in [-0.25, -0.2) is 0 Å². The van der Waals surface area contributed by atoms with E-state index >= 15 is 0 Å². The Balaban J connectivity index is 0.000000149. The minimum atomic E-state index is -0.405. The van der Waals surface area contributed by atoms with Crippen molar-refractivity contribution in [3.8, 4) is 100 Å². The molecule has 2 heterocycles. The predicted octanol–water partition coefficient (Wildman–Crippen LogP) is 29.1. The fourth-order valence-electron chi connectivity index (χ4n) is 16.3. The number of para-hydroxylation sites is 2. The van der Waals surface area contributed by atoms with Crippen LogP contribution >= 0.6 is 0 Å². The molecule has 0 aliphatic carbocycles. The number of rotatable bonds is 9. The second-order valence-electron chi connectivity index (χ2n) is 26.4. The van der Waals surface area contributed by atoms with Crippen molar-refractivity contribution in [2.24, 2.45) is 0 Å². The van der Waals surface area contributed by atoms with Crippen LogP contribution in [0.3, 0.4) is 0 Å². The van der Waals surface area contributed by atoms with Gasteiger partial charge in [0, 0.05) is 32.7 Å². The van der Waals surface area contributed by atoms with E-state index in [0.717, 1.165) is 181 Å². The lowest BCUT2D eigenvalue weighted by atomic mass is 9.83. The molecule has 0 bridgehead atoms. The minimum absolute atomic E-state index is 0.201. The zero-order valence-electron chi connectivity index (χ0n) is 66.0. The standard InChI is InChI=1S/C54H34O.C48H30O/c1-3-15-35(16-4-1)36-29-31-38(32-30-36)52-47(33-34-50-54(52)48-23-11-12-28-49(48)55-50)41-26-13-25-40-39(41)24-14-27-42(40)53-45-21-9-7-19-43(45)51(37-17-5-2-6-18-37)44-20-8-10-22-46(44)53;1-3-14-31(15-4-1)35-23-12-27-43-44-30-33(28-29-45(44)49-48(35)43)34-22-11-25-37-36(34)24-13-26-38(37)47-41-20-9-7-18-39(41)46(32-16-5-2-6-17-32)40-19-8-10-21-42(40)47/h1-34H;1-30H/i2D,5D,6D,17D,18D;2D,5D,6D,16D,17D. The number of hydrogen-bond donors (Lipinski definition) is 0. The molecule has 21 rings (SSSR count). The van der Waals surface area contributed by atoms with Gasteiger partial charge in [0.25, 0.3) is 0 Å². The molecule has 0 spiro atoms.